The topological polar surface area (TPSA) is 46.4 Å². The Bertz CT molecular complexity index is 415. The van der Waals surface area contributed by atoms with Crippen molar-refractivity contribution in [3.63, 3.8) is 0 Å². The Morgan fingerprint density at radius 1 is 1.18 bits per heavy atom. The number of nitro groups is 1. The summed E-state index contributed by atoms with van der Waals surface area (Å²) in [6.45, 7) is 1.39. The van der Waals surface area contributed by atoms with Gasteiger partial charge in [-0.3, -0.25) is 10.1 Å². The molecule has 0 aromatic heterocycles. The van der Waals surface area contributed by atoms with Gasteiger partial charge in [0.25, 0.3) is 5.69 Å². The summed E-state index contributed by atoms with van der Waals surface area (Å²) >= 11 is 0. The predicted octanol–water partition coefficient (Wildman–Crippen LogP) is 3.11. The number of anilines is 1. The molecule has 0 aliphatic carbocycles. The van der Waals surface area contributed by atoms with Crippen molar-refractivity contribution in [2.45, 2.75) is 25.7 Å². The molecule has 0 spiro atoms. The first-order valence-electron chi connectivity index (χ1n) is 5.88. The first kappa shape index (κ1) is 11.8. The Morgan fingerprint density at radius 3 is 2.41 bits per heavy atom. The van der Waals surface area contributed by atoms with Crippen molar-refractivity contribution in [3.8, 4) is 0 Å². The van der Waals surface area contributed by atoms with Crippen molar-refractivity contribution in [1.29, 1.82) is 0 Å². The molecular formula is C12H15FN2O2. The summed E-state index contributed by atoms with van der Waals surface area (Å²) in [6.07, 6.45) is 4.15. The molecular weight excluding hydrogens is 223 g/mol. The maximum atomic E-state index is 13.8. The highest BCUT2D eigenvalue weighted by atomic mass is 19.1. The van der Waals surface area contributed by atoms with Crippen LogP contribution in [0.25, 0.3) is 0 Å². The van der Waals surface area contributed by atoms with Crippen LogP contribution in [0.2, 0.25) is 0 Å². The van der Waals surface area contributed by atoms with Gasteiger partial charge in [-0.05, 0) is 18.9 Å². The third-order valence-electron chi connectivity index (χ3n) is 3.08. The fraction of sp³-hybridized carbons (Fsp3) is 0.500. The number of hydrogen-bond acceptors (Lipinski definition) is 3. The van der Waals surface area contributed by atoms with Crippen LogP contribution in [-0.2, 0) is 0 Å². The first-order valence-corrected chi connectivity index (χ1v) is 5.88. The quantitative estimate of drug-likeness (QED) is 0.587. The molecule has 1 aliphatic heterocycles. The highest BCUT2D eigenvalue weighted by Crippen LogP contribution is 2.32. The molecule has 1 heterocycles. The summed E-state index contributed by atoms with van der Waals surface area (Å²) in [6, 6.07) is 4.03. The van der Waals surface area contributed by atoms with Crippen LogP contribution in [0.5, 0.6) is 0 Å². The van der Waals surface area contributed by atoms with Gasteiger partial charge in [-0.15, -0.1) is 0 Å². The number of rotatable bonds is 2. The Morgan fingerprint density at radius 2 is 1.82 bits per heavy atom. The van der Waals surface area contributed by atoms with Gasteiger partial charge in [0.05, 0.1) is 4.92 Å². The van der Waals surface area contributed by atoms with Crippen LogP contribution in [-0.4, -0.2) is 18.0 Å². The number of nitrogens with zero attached hydrogens (tertiary/aromatic N) is 2. The first-order chi connectivity index (χ1) is 8.20. The van der Waals surface area contributed by atoms with E-state index < -0.39 is 10.7 Å². The standard InChI is InChI=1S/C12H15FN2O2/c13-10-6-5-7-11(15(16)17)12(10)14-8-3-1-2-4-9-14/h5-7H,1-4,8-9H2. The minimum absolute atomic E-state index is 0.132. The number of nitro benzene ring substituents is 1. The van der Waals surface area contributed by atoms with Gasteiger partial charge in [-0.2, -0.15) is 0 Å². The predicted molar refractivity (Wildman–Crippen MR) is 63.7 cm³/mol. The fourth-order valence-electron chi connectivity index (χ4n) is 2.26. The molecule has 0 bridgehead atoms. The second kappa shape index (κ2) is 5.12. The lowest BCUT2D eigenvalue weighted by atomic mass is 10.2. The van der Waals surface area contributed by atoms with Gasteiger partial charge in [-0.1, -0.05) is 18.9 Å². The molecule has 2 rings (SSSR count). The SMILES string of the molecule is O=[N+]([O-])c1cccc(F)c1N1CCCCCC1. The summed E-state index contributed by atoms with van der Waals surface area (Å²) in [5.41, 5.74) is 0.0197. The number of benzene rings is 1. The van der Waals surface area contributed by atoms with Crippen LogP contribution in [0.3, 0.4) is 0 Å². The maximum absolute atomic E-state index is 13.8. The lowest BCUT2D eigenvalue weighted by Crippen LogP contribution is -2.25. The zero-order chi connectivity index (χ0) is 12.3. The van der Waals surface area contributed by atoms with E-state index in [1.165, 1.54) is 18.2 Å². The van der Waals surface area contributed by atoms with Gasteiger partial charge < -0.3 is 4.90 Å². The van der Waals surface area contributed by atoms with Gasteiger partial charge in [0.15, 0.2) is 11.5 Å². The average molecular weight is 238 g/mol. The molecule has 1 aromatic rings. The smallest absolute Gasteiger partial charge is 0.295 e. The second-order valence-electron chi connectivity index (χ2n) is 4.27. The highest BCUT2D eigenvalue weighted by molar-refractivity contribution is 5.64. The van der Waals surface area contributed by atoms with Crippen molar-refractivity contribution in [2.75, 3.05) is 18.0 Å². The molecule has 4 nitrogen and oxygen atoms in total. The molecule has 0 amide bonds. The van der Waals surface area contributed by atoms with E-state index in [0.29, 0.717) is 13.1 Å². The largest absolute Gasteiger partial charge is 0.364 e. The van der Waals surface area contributed by atoms with E-state index in [1.807, 2.05) is 0 Å². The van der Waals surface area contributed by atoms with E-state index in [0.717, 1.165) is 25.7 Å². The molecule has 0 atom stereocenters. The van der Waals surface area contributed by atoms with E-state index in [2.05, 4.69) is 0 Å². The summed E-state index contributed by atoms with van der Waals surface area (Å²) < 4.78 is 13.8. The normalized spacial score (nSPS) is 16.6. The fourth-order valence-corrected chi connectivity index (χ4v) is 2.26. The highest BCUT2D eigenvalue weighted by Gasteiger charge is 2.23. The molecule has 0 N–H and O–H groups in total. The summed E-state index contributed by atoms with van der Waals surface area (Å²) in [7, 11) is 0. The molecule has 1 fully saturated rings. The van der Waals surface area contributed by atoms with Crippen LogP contribution in [0, 0.1) is 15.9 Å². The third kappa shape index (κ3) is 2.54. The maximum Gasteiger partial charge on any atom is 0.295 e. The zero-order valence-corrected chi connectivity index (χ0v) is 9.56. The Kier molecular flexibility index (Phi) is 3.56. The van der Waals surface area contributed by atoms with Gasteiger partial charge in [0.1, 0.15) is 0 Å². The second-order valence-corrected chi connectivity index (χ2v) is 4.27. The molecule has 1 aromatic carbocycles. The van der Waals surface area contributed by atoms with Gasteiger partial charge >= 0.3 is 0 Å². The van der Waals surface area contributed by atoms with Crippen molar-refractivity contribution < 1.29 is 9.31 Å². The third-order valence-corrected chi connectivity index (χ3v) is 3.08. The monoisotopic (exact) mass is 238 g/mol. The average Bonchev–Trinajstić information content (AvgIpc) is 2.57. The summed E-state index contributed by atoms with van der Waals surface area (Å²) in [5.74, 6) is -0.499. The Labute approximate surface area is 99.2 Å². The molecule has 92 valence electrons. The van der Waals surface area contributed by atoms with Crippen molar-refractivity contribution >= 4 is 11.4 Å². The molecule has 1 saturated heterocycles. The van der Waals surface area contributed by atoms with Crippen molar-refractivity contribution in [2.24, 2.45) is 0 Å². The molecule has 0 radical (unpaired) electrons. The lowest BCUT2D eigenvalue weighted by molar-refractivity contribution is -0.384. The van der Waals surface area contributed by atoms with E-state index >= 15 is 0 Å². The van der Waals surface area contributed by atoms with Crippen LogP contribution in [0.1, 0.15) is 25.7 Å². The zero-order valence-electron chi connectivity index (χ0n) is 9.56. The minimum Gasteiger partial charge on any atom is -0.364 e. The lowest BCUT2D eigenvalue weighted by Gasteiger charge is -2.22. The summed E-state index contributed by atoms with van der Waals surface area (Å²) in [5, 5.41) is 10.9. The van der Waals surface area contributed by atoms with Gasteiger partial charge in [0, 0.05) is 19.2 Å². The minimum atomic E-state index is -0.511. The van der Waals surface area contributed by atoms with E-state index in [1.54, 1.807) is 4.90 Å². The van der Waals surface area contributed by atoms with Crippen LogP contribution >= 0.6 is 0 Å². The van der Waals surface area contributed by atoms with Crippen molar-refractivity contribution in [1.82, 2.24) is 0 Å². The molecule has 17 heavy (non-hydrogen) atoms. The van der Waals surface area contributed by atoms with Gasteiger partial charge in [-0.25, -0.2) is 4.39 Å². The van der Waals surface area contributed by atoms with Crippen LogP contribution in [0.4, 0.5) is 15.8 Å². The summed E-state index contributed by atoms with van der Waals surface area (Å²) in [4.78, 5) is 12.2. The van der Waals surface area contributed by atoms with E-state index in [-0.39, 0.29) is 11.4 Å². The van der Waals surface area contributed by atoms with E-state index in [4.69, 9.17) is 0 Å². The van der Waals surface area contributed by atoms with Gasteiger partial charge in [0.2, 0.25) is 0 Å². The Hall–Kier alpha value is -1.65. The van der Waals surface area contributed by atoms with Crippen LogP contribution in [0.15, 0.2) is 18.2 Å². The van der Waals surface area contributed by atoms with Crippen LogP contribution < -0.4 is 4.90 Å². The molecule has 1 aliphatic rings. The molecule has 0 saturated carbocycles. The number of hydrogen-bond donors (Lipinski definition) is 0. The molecule has 5 heteroatoms. The Balaban J connectivity index is 2.37. The number of para-hydroxylation sites is 1. The van der Waals surface area contributed by atoms with Crippen molar-refractivity contribution in [3.05, 3.63) is 34.1 Å². The van der Waals surface area contributed by atoms with E-state index in [9.17, 15) is 14.5 Å². The number of halogens is 1. The molecule has 0 unspecified atom stereocenters.